The summed E-state index contributed by atoms with van der Waals surface area (Å²) in [5.74, 6) is 0. The molecule has 5 rings (SSSR count). The number of hydrogen-bond acceptors (Lipinski definition) is 2. The summed E-state index contributed by atoms with van der Waals surface area (Å²) in [6.45, 7) is 6.65. The highest BCUT2D eigenvalue weighted by atomic mass is 16.6. The number of nitro groups is 1. The Balaban J connectivity index is 1.79. The SMILES string of the molecule is CCCC1(CCC)Cc2cc(Cc3ccccc3C)cc3ccc4cc([N+](=O)[O-])cc1c4c23. The Bertz CT molecular complexity index is 1380. The van der Waals surface area contributed by atoms with Gasteiger partial charge in [0.05, 0.1) is 4.92 Å². The number of hydrogen-bond donors (Lipinski definition) is 0. The first kappa shape index (κ1) is 21.6. The molecule has 0 bridgehead atoms. The quantitative estimate of drug-likeness (QED) is 0.166. The number of nitro benzene ring substituents is 1. The van der Waals surface area contributed by atoms with Gasteiger partial charge in [0.1, 0.15) is 0 Å². The van der Waals surface area contributed by atoms with E-state index in [4.69, 9.17) is 0 Å². The minimum Gasteiger partial charge on any atom is -0.258 e. The Morgan fingerprint density at radius 2 is 1.61 bits per heavy atom. The number of non-ortho nitro benzene ring substituents is 1. The van der Waals surface area contributed by atoms with Crippen LogP contribution in [0, 0.1) is 17.0 Å². The first-order chi connectivity index (χ1) is 16.0. The summed E-state index contributed by atoms with van der Waals surface area (Å²) in [5.41, 5.74) is 6.81. The van der Waals surface area contributed by atoms with E-state index in [2.05, 4.69) is 69.3 Å². The summed E-state index contributed by atoms with van der Waals surface area (Å²) < 4.78 is 0. The molecule has 0 aliphatic heterocycles. The number of rotatable bonds is 7. The van der Waals surface area contributed by atoms with Gasteiger partial charge in [-0.25, -0.2) is 0 Å². The fourth-order valence-electron chi connectivity index (χ4n) is 6.25. The van der Waals surface area contributed by atoms with Crippen LogP contribution in [0.5, 0.6) is 0 Å². The van der Waals surface area contributed by atoms with E-state index in [-0.39, 0.29) is 16.0 Å². The van der Waals surface area contributed by atoms with Crippen molar-refractivity contribution >= 4 is 27.2 Å². The van der Waals surface area contributed by atoms with Crippen LogP contribution in [0.3, 0.4) is 0 Å². The van der Waals surface area contributed by atoms with E-state index in [0.29, 0.717) is 0 Å². The Morgan fingerprint density at radius 1 is 0.909 bits per heavy atom. The summed E-state index contributed by atoms with van der Waals surface area (Å²) >= 11 is 0. The zero-order valence-corrected chi connectivity index (χ0v) is 19.8. The third kappa shape index (κ3) is 3.60. The molecule has 3 nitrogen and oxygen atoms in total. The second-order valence-electron chi connectivity index (χ2n) is 9.83. The number of nitrogens with zero attached hydrogens (tertiary/aromatic N) is 1. The molecule has 3 heteroatoms. The Labute approximate surface area is 195 Å². The van der Waals surface area contributed by atoms with Gasteiger partial charge in [-0.15, -0.1) is 0 Å². The molecular formula is C30H31NO2. The van der Waals surface area contributed by atoms with Crippen molar-refractivity contribution in [2.24, 2.45) is 0 Å². The average Bonchev–Trinajstić information content (AvgIpc) is 2.79. The smallest absolute Gasteiger partial charge is 0.258 e. The van der Waals surface area contributed by atoms with Gasteiger partial charge in [-0.1, -0.05) is 75.2 Å². The van der Waals surface area contributed by atoms with E-state index in [0.717, 1.165) is 43.9 Å². The average molecular weight is 438 g/mol. The molecule has 0 aromatic heterocycles. The molecule has 1 aliphatic rings. The van der Waals surface area contributed by atoms with Crippen molar-refractivity contribution in [3.8, 4) is 0 Å². The third-order valence-corrected chi connectivity index (χ3v) is 7.58. The largest absolute Gasteiger partial charge is 0.270 e. The molecule has 0 N–H and O–H groups in total. The minimum absolute atomic E-state index is 0.0453. The molecule has 0 atom stereocenters. The Kier molecular flexibility index (Phi) is 5.44. The van der Waals surface area contributed by atoms with E-state index in [1.807, 2.05) is 6.07 Å². The predicted octanol–water partition coefficient (Wildman–Crippen LogP) is 8.19. The molecule has 0 heterocycles. The van der Waals surface area contributed by atoms with E-state index in [1.165, 1.54) is 44.0 Å². The molecule has 0 spiro atoms. The van der Waals surface area contributed by atoms with Crippen molar-refractivity contribution in [3.05, 3.63) is 98.6 Å². The Morgan fingerprint density at radius 3 is 2.27 bits per heavy atom. The zero-order chi connectivity index (χ0) is 23.2. The lowest BCUT2D eigenvalue weighted by Gasteiger charge is -2.39. The highest BCUT2D eigenvalue weighted by molar-refractivity contribution is 6.13. The lowest BCUT2D eigenvalue weighted by molar-refractivity contribution is -0.384. The lowest BCUT2D eigenvalue weighted by Crippen LogP contribution is -2.31. The van der Waals surface area contributed by atoms with Crippen LogP contribution in [0.15, 0.2) is 60.7 Å². The van der Waals surface area contributed by atoms with Crippen LogP contribution >= 0.6 is 0 Å². The minimum atomic E-state index is -0.233. The first-order valence-corrected chi connectivity index (χ1v) is 12.2. The number of benzene rings is 4. The van der Waals surface area contributed by atoms with Crippen molar-refractivity contribution in [2.75, 3.05) is 0 Å². The molecule has 0 saturated carbocycles. The topological polar surface area (TPSA) is 43.1 Å². The molecule has 168 valence electrons. The summed E-state index contributed by atoms with van der Waals surface area (Å²) in [6.07, 6.45) is 6.12. The summed E-state index contributed by atoms with van der Waals surface area (Å²) in [7, 11) is 0. The molecular weight excluding hydrogens is 406 g/mol. The van der Waals surface area contributed by atoms with Crippen LogP contribution < -0.4 is 0 Å². The molecule has 33 heavy (non-hydrogen) atoms. The van der Waals surface area contributed by atoms with Gasteiger partial charge in [0.15, 0.2) is 0 Å². The highest BCUT2D eigenvalue weighted by Crippen LogP contribution is 2.50. The molecule has 0 radical (unpaired) electrons. The highest BCUT2D eigenvalue weighted by Gasteiger charge is 2.38. The fraction of sp³-hybridized carbons (Fsp3) is 0.333. The van der Waals surface area contributed by atoms with Crippen molar-refractivity contribution in [2.45, 2.75) is 64.7 Å². The maximum absolute atomic E-state index is 11.8. The standard InChI is InChI=1S/C30H31NO2/c1-4-12-30(13-5-2)19-25-16-21(14-22-9-7-6-8-20(22)3)15-23-10-11-24-17-26(31(32)33)18-27(30)29(24)28(23)25/h6-11,15-18H,4-5,12-14,19H2,1-3H3. The van der Waals surface area contributed by atoms with E-state index in [9.17, 15) is 10.1 Å². The van der Waals surface area contributed by atoms with Gasteiger partial charge >= 0.3 is 0 Å². The molecule has 4 aromatic rings. The van der Waals surface area contributed by atoms with Crippen molar-refractivity contribution in [3.63, 3.8) is 0 Å². The monoisotopic (exact) mass is 437 g/mol. The number of aryl methyl sites for hydroxylation is 1. The normalized spacial score (nSPS) is 14.3. The van der Waals surface area contributed by atoms with Gasteiger partial charge in [-0.2, -0.15) is 0 Å². The molecule has 4 aromatic carbocycles. The van der Waals surface area contributed by atoms with Gasteiger partial charge in [-0.05, 0) is 82.0 Å². The van der Waals surface area contributed by atoms with Gasteiger partial charge < -0.3 is 0 Å². The first-order valence-electron chi connectivity index (χ1n) is 12.2. The van der Waals surface area contributed by atoms with Crippen LogP contribution in [0.2, 0.25) is 0 Å². The van der Waals surface area contributed by atoms with Gasteiger partial charge in [0, 0.05) is 17.5 Å². The zero-order valence-electron chi connectivity index (χ0n) is 19.8. The third-order valence-electron chi connectivity index (χ3n) is 7.58. The van der Waals surface area contributed by atoms with Gasteiger partial charge in [0.25, 0.3) is 5.69 Å². The van der Waals surface area contributed by atoms with Crippen molar-refractivity contribution in [1.82, 2.24) is 0 Å². The summed E-state index contributed by atoms with van der Waals surface area (Å²) in [4.78, 5) is 11.5. The summed E-state index contributed by atoms with van der Waals surface area (Å²) in [5, 5.41) is 16.6. The molecule has 1 aliphatic carbocycles. The second-order valence-corrected chi connectivity index (χ2v) is 9.83. The van der Waals surface area contributed by atoms with E-state index in [1.54, 1.807) is 6.07 Å². The molecule has 0 fully saturated rings. The molecule has 0 amide bonds. The van der Waals surface area contributed by atoms with E-state index >= 15 is 0 Å². The van der Waals surface area contributed by atoms with Crippen molar-refractivity contribution < 1.29 is 4.92 Å². The molecule has 0 saturated heterocycles. The van der Waals surface area contributed by atoms with Gasteiger partial charge in [-0.3, -0.25) is 10.1 Å². The van der Waals surface area contributed by atoms with Crippen LogP contribution in [-0.4, -0.2) is 4.92 Å². The van der Waals surface area contributed by atoms with Crippen LogP contribution in [0.25, 0.3) is 21.5 Å². The predicted molar refractivity (Wildman–Crippen MR) is 137 cm³/mol. The van der Waals surface area contributed by atoms with Crippen molar-refractivity contribution in [1.29, 1.82) is 0 Å². The van der Waals surface area contributed by atoms with Crippen LogP contribution in [0.4, 0.5) is 5.69 Å². The second kappa shape index (κ2) is 8.30. The lowest BCUT2D eigenvalue weighted by atomic mass is 9.64. The molecule has 0 unspecified atom stereocenters. The Hall–Kier alpha value is -3.20. The fourth-order valence-corrected chi connectivity index (χ4v) is 6.25. The maximum atomic E-state index is 11.8. The van der Waals surface area contributed by atoms with Gasteiger partial charge in [0.2, 0.25) is 0 Å². The van der Waals surface area contributed by atoms with Crippen LogP contribution in [0.1, 0.15) is 67.3 Å². The summed E-state index contributed by atoms with van der Waals surface area (Å²) in [6, 6.07) is 21.2. The van der Waals surface area contributed by atoms with E-state index < -0.39 is 0 Å². The van der Waals surface area contributed by atoms with Crippen LogP contribution in [-0.2, 0) is 18.3 Å². The maximum Gasteiger partial charge on any atom is 0.270 e.